The maximum absolute atomic E-state index is 11.9. The molecule has 1 saturated carbocycles. The van der Waals surface area contributed by atoms with Crippen LogP contribution in [0.1, 0.15) is 30.1 Å². The summed E-state index contributed by atoms with van der Waals surface area (Å²) < 4.78 is 14.7. The predicted octanol–water partition coefficient (Wildman–Crippen LogP) is 1.76. The number of nitrogen functional groups attached to an aromatic ring is 1. The molecule has 7 heteroatoms. The molecule has 0 bridgehead atoms. The maximum atomic E-state index is 11.9. The van der Waals surface area contributed by atoms with Crippen LogP contribution < -0.4 is 10.6 Å². The number of anilines is 2. The highest BCUT2D eigenvalue weighted by atomic mass is 32.1. The smallest absolute Gasteiger partial charge is 0.345 e. The lowest BCUT2D eigenvalue weighted by Crippen LogP contribution is -2.24. The number of rotatable bonds is 8. The van der Waals surface area contributed by atoms with Crippen LogP contribution in [0.3, 0.4) is 0 Å². The molecule has 0 spiro atoms. The van der Waals surface area contributed by atoms with Crippen LogP contribution in [0.25, 0.3) is 0 Å². The molecule has 20 heavy (non-hydrogen) atoms. The third-order valence-corrected chi connectivity index (χ3v) is 4.12. The normalized spacial score (nSPS) is 14.3. The first-order valence-electron chi connectivity index (χ1n) is 6.84. The van der Waals surface area contributed by atoms with Gasteiger partial charge in [0.05, 0.1) is 13.2 Å². The fourth-order valence-electron chi connectivity index (χ4n) is 1.79. The van der Waals surface area contributed by atoms with Gasteiger partial charge in [-0.1, -0.05) is 0 Å². The number of hydrogen-bond donors (Lipinski definition) is 1. The van der Waals surface area contributed by atoms with Gasteiger partial charge in [0, 0.05) is 20.2 Å². The van der Waals surface area contributed by atoms with Gasteiger partial charge in [0.15, 0.2) is 5.82 Å². The van der Waals surface area contributed by atoms with E-state index in [1.165, 1.54) is 24.4 Å². The van der Waals surface area contributed by atoms with Gasteiger partial charge in [-0.2, -0.15) is 4.37 Å². The number of esters is 1. The lowest BCUT2D eigenvalue weighted by Gasteiger charge is -2.18. The fourth-order valence-corrected chi connectivity index (χ4v) is 2.57. The van der Waals surface area contributed by atoms with E-state index in [1.54, 1.807) is 6.92 Å². The lowest BCUT2D eigenvalue weighted by atomic mass is 10.3. The van der Waals surface area contributed by atoms with Crippen molar-refractivity contribution in [3.63, 3.8) is 0 Å². The number of ether oxygens (including phenoxy) is 2. The molecule has 0 radical (unpaired) electrons. The van der Waals surface area contributed by atoms with Gasteiger partial charge in [-0.05, 0) is 37.2 Å². The summed E-state index contributed by atoms with van der Waals surface area (Å²) in [5.41, 5.74) is 6.12. The van der Waals surface area contributed by atoms with Gasteiger partial charge in [0.1, 0.15) is 10.6 Å². The minimum atomic E-state index is -0.417. The summed E-state index contributed by atoms with van der Waals surface area (Å²) in [5.74, 6) is 0.572. The minimum Gasteiger partial charge on any atom is -0.462 e. The molecular formula is C13H21N3O3S. The zero-order chi connectivity index (χ0) is 14.5. The zero-order valence-electron chi connectivity index (χ0n) is 11.9. The molecule has 1 aromatic rings. The number of carbonyl (C=O) groups excluding carboxylic acids is 1. The van der Waals surface area contributed by atoms with E-state index in [0.29, 0.717) is 25.3 Å². The Morgan fingerprint density at radius 2 is 2.30 bits per heavy atom. The molecule has 112 valence electrons. The standard InChI is InChI=1S/C13H21N3O3S/c1-3-19-13(17)10-11(14)15-20-12(10)16(2)6-7-18-8-9-4-5-9/h9H,3-8H2,1-2H3,(H2,14,15). The Morgan fingerprint density at radius 3 is 2.95 bits per heavy atom. The van der Waals surface area contributed by atoms with Crippen molar-refractivity contribution in [2.75, 3.05) is 44.0 Å². The molecule has 1 heterocycles. The van der Waals surface area contributed by atoms with E-state index in [1.807, 2.05) is 11.9 Å². The molecule has 0 amide bonds. The highest BCUT2D eigenvalue weighted by Gasteiger charge is 2.23. The largest absolute Gasteiger partial charge is 0.462 e. The summed E-state index contributed by atoms with van der Waals surface area (Å²) >= 11 is 1.21. The van der Waals surface area contributed by atoms with Crippen LogP contribution in [-0.2, 0) is 9.47 Å². The number of hydrogen-bond acceptors (Lipinski definition) is 7. The molecule has 6 nitrogen and oxygen atoms in total. The van der Waals surface area contributed by atoms with Crippen molar-refractivity contribution in [3.8, 4) is 0 Å². The Labute approximate surface area is 123 Å². The summed E-state index contributed by atoms with van der Waals surface area (Å²) in [4.78, 5) is 13.8. The molecule has 1 fully saturated rings. The number of likely N-dealkylation sites (N-methyl/N-ethyl adjacent to an activating group) is 1. The molecule has 2 N–H and O–H groups in total. The van der Waals surface area contributed by atoms with Crippen LogP contribution in [-0.4, -0.2) is 43.8 Å². The molecule has 0 saturated heterocycles. The van der Waals surface area contributed by atoms with Crippen LogP contribution in [0.2, 0.25) is 0 Å². The predicted molar refractivity (Wildman–Crippen MR) is 79.3 cm³/mol. The van der Waals surface area contributed by atoms with Gasteiger partial charge in [-0.3, -0.25) is 0 Å². The molecule has 0 unspecified atom stereocenters. The summed E-state index contributed by atoms with van der Waals surface area (Å²) in [6, 6.07) is 0. The van der Waals surface area contributed by atoms with Gasteiger partial charge in [-0.25, -0.2) is 4.79 Å². The third-order valence-electron chi connectivity index (χ3n) is 3.15. The quantitative estimate of drug-likeness (QED) is 0.582. The molecular weight excluding hydrogens is 278 g/mol. The Bertz CT molecular complexity index is 460. The Kier molecular flexibility index (Phi) is 5.19. The molecule has 0 aromatic carbocycles. The number of nitrogens with two attached hydrogens (primary N) is 1. The second kappa shape index (κ2) is 6.90. The summed E-state index contributed by atoms with van der Waals surface area (Å²) in [6.45, 7) is 4.25. The van der Waals surface area contributed by atoms with E-state index in [9.17, 15) is 4.79 Å². The maximum Gasteiger partial charge on any atom is 0.345 e. The third kappa shape index (κ3) is 3.83. The fraction of sp³-hybridized carbons (Fsp3) is 0.692. The average molecular weight is 299 g/mol. The second-order valence-electron chi connectivity index (χ2n) is 4.91. The molecule has 0 aliphatic heterocycles. The highest BCUT2D eigenvalue weighted by molar-refractivity contribution is 7.11. The van der Waals surface area contributed by atoms with Crippen molar-refractivity contribution < 1.29 is 14.3 Å². The average Bonchev–Trinajstić information content (AvgIpc) is 3.16. The number of aromatic nitrogens is 1. The van der Waals surface area contributed by atoms with E-state index in [4.69, 9.17) is 15.2 Å². The molecule has 1 aliphatic carbocycles. The van der Waals surface area contributed by atoms with Crippen molar-refractivity contribution in [3.05, 3.63) is 5.56 Å². The highest BCUT2D eigenvalue weighted by Crippen LogP contribution is 2.31. The van der Waals surface area contributed by atoms with Gasteiger partial charge < -0.3 is 20.1 Å². The van der Waals surface area contributed by atoms with Crippen molar-refractivity contribution >= 4 is 28.3 Å². The van der Waals surface area contributed by atoms with Crippen LogP contribution in [0.5, 0.6) is 0 Å². The van der Waals surface area contributed by atoms with Gasteiger partial charge in [-0.15, -0.1) is 0 Å². The summed E-state index contributed by atoms with van der Waals surface area (Å²) in [6.07, 6.45) is 2.57. The summed E-state index contributed by atoms with van der Waals surface area (Å²) in [5, 5.41) is 0.732. The number of nitrogens with zero attached hydrogens (tertiary/aromatic N) is 2. The van der Waals surface area contributed by atoms with Crippen molar-refractivity contribution in [1.29, 1.82) is 0 Å². The molecule has 1 aliphatic rings. The van der Waals surface area contributed by atoms with Crippen LogP contribution in [0, 0.1) is 5.92 Å². The van der Waals surface area contributed by atoms with Crippen molar-refractivity contribution in [2.45, 2.75) is 19.8 Å². The van der Waals surface area contributed by atoms with Gasteiger partial charge >= 0.3 is 5.97 Å². The molecule has 0 atom stereocenters. The topological polar surface area (TPSA) is 77.7 Å². The monoisotopic (exact) mass is 299 g/mol. The molecule has 1 aromatic heterocycles. The van der Waals surface area contributed by atoms with Crippen molar-refractivity contribution in [2.24, 2.45) is 5.92 Å². The number of carbonyl (C=O) groups is 1. The van der Waals surface area contributed by atoms with Crippen LogP contribution >= 0.6 is 11.5 Å². The minimum absolute atomic E-state index is 0.231. The van der Waals surface area contributed by atoms with Crippen LogP contribution in [0.4, 0.5) is 10.8 Å². The summed E-state index contributed by atoms with van der Waals surface area (Å²) in [7, 11) is 1.90. The van der Waals surface area contributed by atoms with Crippen LogP contribution in [0.15, 0.2) is 0 Å². The first-order valence-corrected chi connectivity index (χ1v) is 7.62. The van der Waals surface area contributed by atoms with E-state index in [-0.39, 0.29) is 5.82 Å². The lowest BCUT2D eigenvalue weighted by molar-refractivity contribution is 0.0528. The van der Waals surface area contributed by atoms with E-state index >= 15 is 0 Å². The Balaban J connectivity index is 1.90. The van der Waals surface area contributed by atoms with E-state index in [2.05, 4.69) is 4.37 Å². The second-order valence-corrected chi connectivity index (χ2v) is 5.66. The van der Waals surface area contributed by atoms with E-state index in [0.717, 1.165) is 17.5 Å². The molecule has 2 rings (SSSR count). The Morgan fingerprint density at radius 1 is 1.55 bits per heavy atom. The Hall–Kier alpha value is -1.34. The van der Waals surface area contributed by atoms with E-state index < -0.39 is 5.97 Å². The first kappa shape index (κ1) is 15.1. The van der Waals surface area contributed by atoms with Crippen molar-refractivity contribution in [1.82, 2.24) is 4.37 Å². The van der Waals surface area contributed by atoms with Gasteiger partial charge in [0.25, 0.3) is 0 Å². The SMILES string of the molecule is CCOC(=O)c1c(N)nsc1N(C)CCOCC1CC1. The zero-order valence-corrected chi connectivity index (χ0v) is 12.7. The van der Waals surface area contributed by atoms with Gasteiger partial charge in [0.2, 0.25) is 0 Å². The first-order chi connectivity index (χ1) is 9.63.